The fraction of sp³-hybridized carbons (Fsp3) is 0.353. The number of aromatic nitrogens is 2. The highest BCUT2D eigenvalue weighted by Crippen LogP contribution is 2.19. The van der Waals surface area contributed by atoms with E-state index in [9.17, 15) is 4.79 Å². The van der Waals surface area contributed by atoms with Crippen LogP contribution in [-0.2, 0) is 12.8 Å². The van der Waals surface area contributed by atoms with E-state index < -0.39 is 0 Å². The molecule has 1 aromatic carbocycles. The molecular formula is C17H20N4O. The van der Waals surface area contributed by atoms with Gasteiger partial charge in [0.05, 0.1) is 0 Å². The number of carbonyl (C=O) groups excluding carboxylic acids is 1. The lowest BCUT2D eigenvalue weighted by atomic mass is 9.98. The highest BCUT2D eigenvalue weighted by atomic mass is 16.1. The number of amides is 1. The van der Waals surface area contributed by atoms with E-state index in [4.69, 9.17) is 0 Å². The van der Waals surface area contributed by atoms with Crippen molar-refractivity contribution < 1.29 is 4.79 Å². The quantitative estimate of drug-likeness (QED) is 0.918. The Labute approximate surface area is 130 Å². The number of hydrogen-bond acceptors (Lipinski definition) is 4. The zero-order valence-corrected chi connectivity index (χ0v) is 12.7. The largest absolute Gasteiger partial charge is 0.355 e. The first-order chi connectivity index (χ1) is 10.8. The van der Waals surface area contributed by atoms with Crippen molar-refractivity contribution in [3.8, 4) is 0 Å². The molecule has 0 spiro atoms. The molecule has 1 N–H and O–H groups in total. The first-order valence-corrected chi connectivity index (χ1v) is 7.65. The summed E-state index contributed by atoms with van der Waals surface area (Å²) in [6.07, 6.45) is 3.20. The van der Waals surface area contributed by atoms with Crippen molar-refractivity contribution in [2.24, 2.45) is 0 Å². The second-order valence-electron chi connectivity index (χ2n) is 5.47. The number of nitrogens with one attached hydrogen (secondary N) is 1. The van der Waals surface area contributed by atoms with Gasteiger partial charge in [0.1, 0.15) is 0 Å². The van der Waals surface area contributed by atoms with E-state index in [1.807, 2.05) is 6.07 Å². The molecule has 1 aromatic heterocycles. The van der Waals surface area contributed by atoms with Crippen LogP contribution in [0.3, 0.4) is 0 Å². The van der Waals surface area contributed by atoms with Crippen molar-refractivity contribution in [1.82, 2.24) is 15.5 Å². The lowest BCUT2D eigenvalue weighted by molar-refractivity contribution is 0.0957. The third-order valence-corrected chi connectivity index (χ3v) is 4.08. The minimum absolute atomic E-state index is 0.208. The van der Waals surface area contributed by atoms with Crippen molar-refractivity contribution in [3.05, 3.63) is 53.2 Å². The molecule has 0 aliphatic carbocycles. The molecule has 22 heavy (non-hydrogen) atoms. The van der Waals surface area contributed by atoms with E-state index in [1.165, 1.54) is 11.1 Å². The van der Waals surface area contributed by atoms with Gasteiger partial charge in [0.2, 0.25) is 0 Å². The van der Waals surface area contributed by atoms with Crippen LogP contribution in [-0.4, -0.2) is 36.2 Å². The molecule has 0 unspecified atom stereocenters. The number of carbonyl (C=O) groups is 1. The Morgan fingerprint density at radius 3 is 2.50 bits per heavy atom. The third kappa shape index (κ3) is 3.08. The molecule has 114 valence electrons. The average molecular weight is 296 g/mol. The van der Waals surface area contributed by atoms with Crippen LogP contribution in [0.25, 0.3) is 0 Å². The average Bonchev–Trinajstić information content (AvgIpc) is 2.55. The second-order valence-corrected chi connectivity index (χ2v) is 5.47. The van der Waals surface area contributed by atoms with Gasteiger partial charge in [-0.25, -0.2) is 0 Å². The minimum atomic E-state index is -0.208. The molecule has 0 atom stereocenters. The molecule has 0 bridgehead atoms. The summed E-state index contributed by atoms with van der Waals surface area (Å²) in [6, 6.07) is 12.3. The number of nitrogens with zero attached hydrogens (tertiary/aromatic N) is 3. The van der Waals surface area contributed by atoms with E-state index in [0.717, 1.165) is 38.2 Å². The summed E-state index contributed by atoms with van der Waals surface area (Å²) in [7, 11) is 1.59. The predicted molar refractivity (Wildman–Crippen MR) is 86.1 cm³/mol. The second kappa shape index (κ2) is 6.56. The van der Waals surface area contributed by atoms with Gasteiger partial charge in [0.25, 0.3) is 5.91 Å². The van der Waals surface area contributed by atoms with Crippen molar-refractivity contribution >= 4 is 11.7 Å². The Hall–Kier alpha value is -2.43. The van der Waals surface area contributed by atoms with E-state index in [2.05, 4.69) is 44.7 Å². The Morgan fingerprint density at radius 2 is 1.82 bits per heavy atom. The molecule has 0 saturated carbocycles. The Kier molecular flexibility index (Phi) is 4.32. The molecule has 0 saturated heterocycles. The van der Waals surface area contributed by atoms with Gasteiger partial charge in [-0.15, -0.1) is 10.2 Å². The highest BCUT2D eigenvalue weighted by Gasteiger charge is 2.14. The SMILES string of the molecule is CNC(=O)c1ccc(N2CCCc3ccccc3CC2)nn1. The maximum absolute atomic E-state index is 11.5. The van der Waals surface area contributed by atoms with Crippen LogP contribution in [0.15, 0.2) is 36.4 Å². The first-order valence-electron chi connectivity index (χ1n) is 7.65. The van der Waals surface area contributed by atoms with Gasteiger partial charge < -0.3 is 10.2 Å². The molecule has 3 rings (SSSR count). The molecule has 0 fully saturated rings. The summed E-state index contributed by atoms with van der Waals surface area (Å²) >= 11 is 0. The Morgan fingerprint density at radius 1 is 1.05 bits per heavy atom. The third-order valence-electron chi connectivity index (χ3n) is 4.08. The van der Waals surface area contributed by atoms with E-state index in [-0.39, 0.29) is 5.91 Å². The van der Waals surface area contributed by atoms with Crippen LogP contribution < -0.4 is 10.2 Å². The Balaban J connectivity index is 1.74. The predicted octanol–water partition coefficient (Wildman–Crippen LogP) is 1.83. The van der Waals surface area contributed by atoms with E-state index in [0.29, 0.717) is 5.69 Å². The molecular weight excluding hydrogens is 276 g/mol. The number of benzene rings is 1. The standard InChI is InChI=1S/C17H20N4O/c1-18-17(22)15-8-9-16(20-19-15)21-11-4-7-13-5-2-3-6-14(13)10-12-21/h2-3,5-6,8-9H,4,7,10-12H2,1H3,(H,18,22). The van der Waals surface area contributed by atoms with Crippen LogP contribution in [0, 0.1) is 0 Å². The fourth-order valence-corrected chi connectivity index (χ4v) is 2.85. The number of fused-ring (bicyclic) bond motifs is 1. The van der Waals surface area contributed by atoms with Gasteiger partial charge in [0.15, 0.2) is 11.5 Å². The van der Waals surface area contributed by atoms with Gasteiger partial charge in [-0.05, 0) is 42.5 Å². The maximum Gasteiger partial charge on any atom is 0.271 e. The van der Waals surface area contributed by atoms with Crippen LogP contribution in [0.2, 0.25) is 0 Å². The normalized spacial score (nSPS) is 14.7. The summed E-state index contributed by atoms with van der Waals surface area (Å²) in [5, 5.41) is 10.8. The summed E-state index contributed by atoms with van der Waals surface area (Å²) in [6.45, 7) is 1.88. The molecule has 1 aliphatic rings. The van der Waals surface area contributed by atoms with Crippen molar-refractivity contribution in [2.45, 2.75) is 19.3 Å². The zero-order valence-electron chi connectivity index (χ0n) is 12.7. The van der Waals surface area contributed by atoms with Crippen molar-refractivity contribution in [2.75, 3.05) is 25.0 Å². The Bertz CT molecular complexity index is 654. The van der Waals surface area contributed by atoms with Gasteiger partial charge in [-0.3, -0.25) is 4.79 Å². The summed E-state index contributed by atoms with van der Waals surface area (Å²) in [4.78, 5) is 13.8. The summed E-state index contributed by atoms with van der Waals surface area (Å²) < 4.78 is 0. The van der Waals surface area contributed by atoms with E-state index in [1.54, 1.807) is 13.1 Å². The first kappa shape index (κ1) is 14.5. The van der Waals surface area contributed by atoms with Gasteiger partial charge >= 0.3 is 0 Å². The van der Waals surface area contributed by atoms with Crippen LogP contribution in [0.1, 0.15) is 28.0 Å². The van der Waals surface area contributed by atoms with Crippen molar-refractivity contribution in [3.63, 3.8) is 0 Å². The lowest BCUT2D eigenvalue weighted by Crippen LogP contribution is -2.30. The zero-order chi connectivity index (χ0) is 15.4. The van der Waals surface area contributed by atoms with E-state index >= 15 is 0 Å². The molecule has 2 heterocycles. The lowest BCUT2D eigenvalue weighted by Gasteiger charge is -2.26. The number of anilines is 1. The van der Waals surface area contributed by atoms with Gasteiger partial charge in [-0.1, -0.05) is 24.3 Å². The monoisotopic (exact) mass is 296 g/mol. The highest BCUT2D eigenvalue weighted by molar-refractivity contribution is 5.91. The maximum atomic E-state index is 11.5. The summed E-state index contributed by atoms with van der Waals surface area (Å²) in [5.74, 6) is 0.632. The van der Waals surface area contributed by atoms with Crippen LogP contribution in [0.4, 0.5) is 5.82 Å². The molecule has 0 radical (unpaired) electrons. The summed E-state index contributed by atoms with van der Waals surface area (Å²) in [5.41, 5.74) is 3.23. The van der Waals surface area contributed by atoms with Crippen LogP contribution in [0.5, 0.6) is 0 Å². The van der Waals surface area contributed by atoms with Gasteiger partial charge in [-0.2, -0.15) is 0 Å². The molecule has 5 heteroatoms. The van der Waals surface area contributed by atoms with Crippen molar-refractivity contribution in [1.29, 1.82) is 0 Å². The molecule has 1 amide bonds. The molecule has 5 nitrogen and oxygen atoms in total. The number of hydrogen-bond donors (Lipinski definition) is 1. The fourth-order valence-electron chi connectivity index (χ4n) is 2.85. The molecule has 2 aromatic rings. The number of rotatable bonds is 2. The van der Waals surface area contributed by atoms with Crippen LogP contribution >= 0.6 is 0 Å². The smallest absolute Gasteiger partial charge is 0.271 e. The minimum Gasteiger partial charge on any atom is -0.355 e. The molecule has 1 aliphatic heterocycles. The topological polar surface area (TPSA) is 58.1 Å². The van der Waals surface area contributed by atoms with Gasteiger partial charge in [0, 0.05) is 20.1 Å². The number of aryl methyl sites for hydroxylation is 1.